The van der Waals surface area contributed by atoms with Crippen LogP contribution in [0, 0.1) is 0 Å². The Morgan fingerprint density at radius 1 is 1.19 bits per heavy atom. The summed E-state index contributed by atoms with van der Waals surface area (Å²) in [4.78, 5) is 12.6. The van der Waals surface area contributed by atoms with Gasteiger partial charge in [0.2, 0.25) is 0 Å². The Balaban J connectivity index is 2.09. The molecule has 1 aromatic carbocycles. The minimum absolute atomic E-state index is 0.0919. The van der Waals surface area contributed by atoms with Gasteiger partial charge in [-0.2, -0.15) is 0 Å². The fourth-order valence-electron chi connectivity index (χ4n) is 3.17. The van der Waals surface area contributed by atoms with E-state index in [1.807, 2.05) is 33.8 Å². The van der Waals surface area contributed by atoms with Crippen molar-refractivity contribution in [2.75, 3.05) is 0 Å². The van der Waals surface area contributed by atoms with Crippen molar-refractivity contribution in [1.82, 2.24) is 0 Å². The predicted octanol–water partition coefficient (Wildman–Crippen LogP) is 4.87. The standard InChI is InChI=1S/C18H21BrO2/c1-17(2)15(16(20)18(3,4)21-17)10-12-9-13(19)7-8-14(12)11-5-6-11/h7-11H,5-6H2,1-4H3/b15-10-. The number of ketones is 1. The number of ether oxygens (including phenoxy) is 1. The van der Waals surface area contributed by atoms with Gasteiger partial charge in [-0.15, -0.1) is 0 Å². The lowest BCUT2D eigenvalue weighted by Gasteiger charge is -2.22. The summed E-state index contributed by atoms with van der Waals surface area (Å²) in [5.74, 6) is 0.743. The summed E-state index contributed by atoms with van der Waals surface area (Å²) in [5.41, 5.74) is 1.99. The lowest BCUT2D eigenvalue weighted by Crippen LogP contribution is -2.29. The molecule has 0 N–H and O–H groups in total. The Morgan fingerprint density at radius 3 is 2.38 bits per heavy atom. The van der Waals surface area contributed by atoms with E-state index in [1.165, 1.54) is 18.4 Å². The van der Waals surface area contributed by atoms with Gasteiger partial charge >= 0.3 is 0 Å². The smallest absolute Gasteiger partial charge is 0.192 e. The molecule has 0 bridgehead atoms. The molecule has 0 aromatic heterocycles. The Labute approximate surface area is 134 Å². The largest absolute Gasteiger partial charge is 0.357 e. The number of halogens is 1. The van der Waals surface area contributed by atoms with Crippen LogP contribution in [-0.2, 0) is 9.53 Å². The second-order valence-corrected chi connectivity index (χ2v) is 7.97. The molecule has 1 aromatic rings. The molecular weight excluding hydrogens is 328 g/mol. The van der Waals surface area contributed by atoms with Gasteiger partial charge in [0.25, 0.3) is 0 Å². The molecule has 112 valence electrons. The van der Waals surface area contributed by atoms with Crippen LogP contribution in [0.2, 0.25) is 0 Å². The normalized spacial score (nSPS) is 25.6. The van der Waals surface area contributed by atoms with Gasteiger partial charge in [-0.1, -0.05) is 22.0 Å². The number of benzene rings is 1. The average Bonchev–Trinajstić information content (AvgIpc) is 3.15. The second kappa shape index (κ2) is 4.79. The van der Waals surface area contributed by atoms with Gasteiger partial charge in [0.15, 0.2) is 5.78 Å². The van der Waals surface area contributed by atoms with E-state index in [4.69, 9.17) is 4.74 Å². The van der Waals surface area contributed by atoms with E-state index in [2.05, 4.69) is 34.1 Å². The van der Waals surface area contributed by atoms with Gasteiger partial charge < -0.3 is 4.74 Å². The zero-order valence-electron chi connectivity index (χ0n) is 13.0. The van der Waals surface area contributed by atoms with E-state index in [9.17, 15) is 4.79 Å². The van der Waals surface area contributed by atoms with E-state index in [0.29, 0.717) is 5.92 Å². The zero-order valence-corrected chi connectivity index (χ0v) is 14.6. The molecule has 2 fully saturated rings. The molecule has 1 aliphatic heterocycles. The maximum atomic E-state index is 12.6. The van der Waals surface area contributed by atoms with Crippen molar-refractivity contribution in [2.24, 2.45) is 0 Å². The molecule has 3 heteroatoms. The first-order chi connectivity index (χ1) is 9.71. The van der Waals surface area contributed by atoms with Gasteiger partial charge in [0.05, 0.1) is 5.60 Å². The molecular formula is C18H21BrO2. The molecule has 0 spiro atoms. The summed E-state index contributed by atoms with van der Waals surface area (Å²) >= 11 is 3.54. The SMILES string of the molecule is CC1(C)OC(C)(C)/C(=C\c2cc(Br)ccc2C2CC2)C1=O. The summed E-state index contributed by atoms with van der Waals surface area (Å²) in [7, 11) is 0. The maximum absolute atomic E-state index is 12.6. The molecule has 0 radical (unpaired) electrons. The van der Waals surface area contributed by atoms with Crippen molar-refractivity contribution in [1.29, 1.82) is 0 Å². The predicted molar refractivity (Wildman–Crippen MR) is 88.3 cm³/mol. The molecule has 1 saturated heterocycles. The van der Waals surface area contributed by atoms with Crippen LogP contribution in [0.15, 0.2) is 28.2 Å². The Bertz CT molecular complexity index is 637. The molecule has 1 aliphatic carbocycles. The van der Waals surface area contributed by atoms with Crippen LogP contribution in [0.3, 0.4) is 0 Å². The number of rotatable bonds is 2. The summed E-state index contributed by atoms with van der Waals surface area (Å²) in [6.45, 7) is 7.64. The molecule has 0 unspecified atom stereocenters. The number of hydrogen-bond donors (Lipinski definition) is 0. The Hall–Kier alpha value is -0.930. The fourth-order valence-corrected chi connectivity index (χ4v) is 3.55. The third kappa shape index (κ3) is 2.74. The van der Waals surface area contributed by atoms with Crippen LogP contribution in [0.5, 0.6) is 0 Å². The van der Waals surface area contributed by atoms with Gasteiger partial charge in [-0.05, 0) is 75.8 Å². The van der Waals surface area contributed by atoms with Gasteiger partial charge in [-0.3, -0.25) is 4.79 Å². The van der Waals surface area contributed by atoms with E-state index in [1.54, 1.807) is 0 Å². The van der Waals surface area contributed by atoms with Crippen molar-refractivity contribution in [3.63, 3.8) is 0 Å². The van der Waals surface area contributed by atoms with E-state index >= 15 is 0 Å². The number of hydrogen-bond acceptors (Lipinski definition) is 2. The Kier molecular flexibility index (Phi) is 3.42. The summed E-state index contributed by atoms with van der Waals surface area (Å²) in [5, 5.41) is 0. The van der Waals surface area contributed by atoms with Gasteiger partial charge in [0.1, 0.15) is 5.60 Å². The molecule has 3 rings (SSSR count). The molecule has 2 aliphatic rings. The highest BCUT2D eigenvalue weighted by Crippen LogP contribution is 2.45. The van der Waals surface area contributed by atoms with Crippen LogP contribution in [0.25, 0.3) is 6.08 Å². The molecule has 0 amide bonds. The molecule has 1 heterocycles. The van der Waals surface area contributed by atoms with Gasteiger partial charge in [0, 0.05) is 10.0 Å². The summed E-state index contributed by atoms with van der Waals surface area (Å²) < 4.78 is 6.99. The van der Waals surface area contributed by atoms with E-state index in [0.717, 1.165) is 15.6 Å². The zero-order chi connectivity index (χ0) is 15.4. The van der Waals surface area contributed by atoms with Crippen LogP contribution < -0.4 is 0 Å². The monoisotopic (exact) mass is 348 g/mol. The number of carbonyl (C=O) groups is 1. The lowest BCUT2D eigenvalue weighted by molar-refractivity contribution is -0.132. The first-order valence-electron chi connectivity index (χ1n) is 7.47. The Morgan fingerprint density at radius 2 is 1.86 bits per heavy atom. The molecule has 2 nitrogen and oxygen atoms in total. The van der Waals surface area contributed by atoms with Crippen molar-refractivity contribution in [3.05, 3.63) is 39.4 Å². The highest BCUT2D eigenvalue weighted by Gasteiger charge is 2.49. The summed E-state index contributed by atoms with van der Waals surface area (Å²) in [6, 6.07) is 6.36. The average molecular weight is 349 g/mol. The lowest BCUT2D eigenvalue weighted by atomic mass is 9.89. The van der Waals surface area contributed by atoms with Crippen LogP contribution >= 0.6 is 15.9 Å². The molecule has 0 atom stereocenters. The first kappa shape index (κ1) is 15.0. The van der Waals surface area contributed by atoms with Gasteiger partial charge in [-0.25, -0.2) is 0 Å². The topological polar surface area (TPSA) is 26.3 Å². The van der Waals surface area contributed by atoms with Crippen molar-refractivity contribution in [2.45, 2.75) is 57.7 Å². The number of carbonyl (C=O) groups excluding carboxylic acids is 1. The van der Waals surface area contributed by atoms with Crippen molar-refractivity contribution >= 4 is 27.8 Å². The third-order valence-electron chi connectivity index (χ3n) is 4.32. The molecule has 1 saturated carbocycles. The summed E-state index contributed by atoms with van der Waals surface area (Å²) in [6.07, 6.45) is 4.53. The highest BCUT2D eigenvalue weighted by atomic mass is 79.9. The van der Waals surface area contributed by atoms with Crippen molar-refractivity contribution in [3.8, 4) is 0 Å². The maximum Gasteiger partial charge on any atom is 0.192 e. The van der Waals surface area contributed by atoms with E-state index < -0.39 is 11.2 Å². The third-order valence-corrected chi connectivity index (χ3v) is 4.81. The van der Waals surface area contributed by atoms with Crippen LogP contribution in [0.1, 0.15) is 57.6 Å². The minimum Gasteiger partial charge on any atom is -0.357 e. The number of Topliss-reactive ketones (excluding diaryl/α,β-unsaturated/α-hetero) is 1. The van der Waals surface area contributed by atoms with E-state index in [-0.39, 0.29) is 5.78 Å². The van der Waals surface area contributed by atoms with Crippen LogP contribution in [-0.4, -0.2) is 17.0 Å². The minimum atomic E-state index is -0.735. The molecule has 21 heavy (non-hydrogen) atoms. The second-order valence-electron chi connectivity index (χ2n) is 7.06. The quantitative estimate of drug-likeness (QED) is 0.713. The van der Waals surface area contributed by atoms with Crippen LogP contribution in [0.4, 0.5) is 0 Å². The van der Waals surface area contributed by atoms with Crippen molar-refractivity contribution < 1.29 is 9.53 Å². The fraction of sp³-hybridized carbons (Fsp3) is 0.500. The highest BCUT2D eigenvalue weighted by molar-refractivity contribution is 9.10. The first-order valence-corrected chi connectivity index (χ1v) is 8.26.